The minimum absolute atomic E-state index is 0. The van der Waals surface area contributed by atoms with Crippen molar-refractivity contribution in [1.29, 1.82) is 0 Å². The molecule has 0 aromatic rings. The van der Waals surface area contributed by atoms with Crippen molar-refractivity contribution in [2.24, 2.45) is 0 Å². The van der Waals surface area contributed by atoms with Crippen molar-refractivity contribution in [3.8, 4) is 0 Å². The molecule has 0 saturated carbocycles. The standard InChI is InChI=1S/C12H18O4.2CH4/c1-12(2,15)11(14)9-3-5-10(6-4-9)16-8-7-13;;/h3,5,13,15H,4,6-8H2,1-2H3;2*1H4. The number of ether oxygens (including phenoxy) is 1. The molecular weight excluding hydrogens is 232 g/mol. The Balaban J connectivity index is 0. The molecule has 4 heteroatoms. The monoisotopic (exact) mass is 258 g/mol. The molecule has 0 aromatic carbocycles. The average molecular weight is 258 g/mol. The summed E-state index contributed by atoms with van der Waals surface area (Å²) in [5.41, 5.74) is -0.702. The Hall–Kier alpha value is -1.13. The molecule has 0 fully saturated rings. The minimum Gasteiger partial charge on any atom is -0.496 e. The summed E-state index contributed by atoms with van der Waals surface area (Å²) < 4.78 is 5.24. The number of carbonyl (C=O) groups excluding carboxylic acids is 1. The number of hydrogen-bond acceptors (Lipinski definition) is 4. The van der Waals surface area contributed by atoms with Crippen molar-refractivity contribution in [3.63, 3.8) is 0 Å². The molecule has 1 rings (SSSR count). The maximum atomic E-state index is 11.7. The zero-order valence-corrected chi connectivity index (χ0v) is 9.69. The van der Waals surface area contributed by atoms with Gasteiger partial charge in [0.15, 0.2) is 5.78 Å². The molecule has 4 nitrogen and oxygen atoms in total. The summed E-state index contributed by atoms with van der Waals surface area (Å²) in [6, 6.07) is 0. The first-order valence-corrected chi connectivity index (χ1v) is 5.35. The molecule has 0 spiro atoms. The van der Waals surface area contributed by atoms with E-state index in [1.54, 1.807) is 12.2 Å². The predicted octanol–water partition coefficient (Wildman–Crippen LogP) is 2.21. The molecule has 2 N–H and O–H groups in total. The van der Waals surface area contributed by atoms with Crippen LogP contribution in [0.15, 0.2) is 23.5 Å². The van der Waals surface area contributed by atoms with E-state index >= 15 is 0 Å². The van der Waals surface area contributed by atoms with Gasteiger partial charge >= 0.3 is 0 Å². The molecule has 0 amide bonds. The first-order valence-electron chi connectivity index (χ1n) is 5.35. The topological polar surface area (TPSA) is 66.8 Å². The molecule has 0 saturated heterocycles. The molecule has 106 valence electrons. The largest absolute Gasteiger partial charge is 0.496 e. The Morgan fingerprint density at radius 2 is 1.94 bits per heavy atom. The van der Waals surface area contributed by atoms with Gasteiger partial charge in [-0.1, -0.05) is 20.9 Å². The van der Waals surface area contributed by atoms with Gasteiger partial charge in [0.2, 0.25) is 0 Å². The van der Waals surface area contributed by atoms with Crippen LogP contribution in [0, 0.1) is 0 Å². The number of carbonyl (C=O) groups is 1. The summed E-state index contributed by atoms with van der Waals surface area (Å²) in [6.45, 7) is 3.22. The van der Waals surface area contributed by atoms with Gasteiger partial charge in [0.1, 0.15) is 12.2 Å². The second kappa shape index (κ2) is 8.06. The second-order valence-electron chi connectivity index (χ2n) is 4.29. The molecule has 1 aliphatic carbocycles. The van der Waals surface area contributed by atoms with E-state index in [1.165, 1.54) is 13.8 Å². The second-order valence-corrected chi connectivity index (χ2v) is 4.29. The zero-order valence-electron chi connectivity index (χ0n) is 9.69. The Kier molecular flexibility index (Phi) is 8.60. The highest BCUT2D eigenvalue weighted by Gasteiger charge is 2.27. The first kappa shape index (κ1) is 19.2. The zero-order chi connectivity index (χ0) is 12.2. The highest BCUT2D eigenvalue weighted by Crippen LogP contribution is 2.23. The molecule has 0 bridgehead atoms. The van der Waals surface area contributed by atoms with E-state index < -0.39 is 5.60 Å². The van der Waals surface area contributed by atoms with Gasteiger partial charge in [-0.15, -0.1) is 0 Å². The fourth-order valence-corrected chi connectivity index (χ4v) is 1.50. The number of hydrogen-bond donors (Lipinski definition) is 2. The van der Waals surface area contributed by atoms with E-state index in [0.29, 0.717) is 18.4 Å². The van der Waals surface area contributed by atoms with Crippen LogP contribution in [0.4, 0.5) is 0 Å². The molecule has 0 aliphatic heterocycles. The minimum atomic E-state index is -1.32. The number of aliphatic hydroxyl groups is 2. The third kappa shape index (κ3) is 5.47. The normalized spacial score (nSPS) is 14.7. The lowest BCUT2D eigenvalue weighted by Gasteiger charge is -2.20. The van der Waals surface area contributed by atoms with Crippen molar-refractivity contribution < 1.29 is 19.7 Å². The van der Waals surface area contributed by atoms with Crippen LogP contribution in [0.2, 0.25) is 0 Å². The van der Waals surface area contributed by atoms with E-state index in [0.717, 1.165) is 5.76 Å². The quantitative estimate of drug-likeness (QED) is 0.793. The van der Waals surface area contributed by atoms with Gasteiger partial charge in [-0.05, 0) is 31.9 Å². The van der Waals surface area contributed by atoms with E-state index in [9.17, 15) is 9.90 Å². The van der Waals surface area contributed by atoms with Crippen molar-refractivity contribution in [3.05, 3.63) is 23.5 Å². The van der Waals surface area contributed by atoms with Crippen molar-refractivity contribution in [2.45, 2.75) is 47.1 Å². The lowest BCUT2D eigenvalue weighted by Crippen LogP contribution is -2.32. The van der Waals surface area contributed by atoms with Crippen molar-refractivity contribution in [1.82, 2.24) is 0 Å². The van der Waals surface area contributed by atoms with Gasteiger partial charge in [0.05, 0.1) is 12.4 Å². The van der Waals surface area contributed by atoms with Crippen LogP contribution in [0.25, 0.3) is 0 Å². The van der Waals surface area contributed by atoms with Crippen LogP contribution in [0.1, 0.15) is 41.5 Å². The Morgan fingerprint density at radius 3 is 2.33 bits per heavy atom. The maximum absolute atomic E-state index is 11.7. The summed E-state index contributed by atoms with van der Waals surface area (Å²) in [5, 5.41) is 18.2. The Morgan fingerprint density at radius 1 is 1.33 bits per heavy atom. The van der Waals surface area contributed by atoms with Gasteiger partial charge in [-0.2, -0.15) is 0 Å². The predicted molar refractivity (Wildman–Crippen MR) is 73.2 cm³/mol. The maximum Gasteiger partial charge on any atom is 0.189 e. The smallest absolute Gasteiger partial charge is 0.189 e. The van der Waals surface area contributed by atoms with E-state index in [1.807, 2.05) is 0 Å². The van der Waals surface area contributed by atoms with E-state index in [4.69, 9.17) is 9.84 Å². The van der Waals surface area contributed by atoms with Crippen LogP contribution in [-0.4, -0.2) is 34.8 Å². The molecule has 0 aromatic heterocycles. The Labute approximate surface area is 110 Å². The number of Topliss-reactive ketones (excluding diaryl/α,β-unsaturated/α-hetero) is 1. The number of ketones is 1. The third-order valence-corrected chi connectivity index (χ3v) is 2.34. The number of aliphatic hydroxyl groups excluding tert-OH is 1. The fourth-order valence-electron chi connectivity index (χ4n) is 1.50. The summed E-state index contributed by atoms with van der Waals surface area (Å²) >= 11 is 0. The molecule has 0 heterocycles. The number of rotatable bonds is 5. The molecule has 1 aliphatic rings. The molecular formula is C14H26O4. The highest BCUT2D eigenvalue weighted by atomic mass is 16.5. The van der Waals surface area contributed by atoms with Gasteiger partial charge in [-0.25, -0.2) is 0 Å². The highest BCUT2D eigenvalue weighted by molar-refractivity contribution is 6.01. The summed E-state index contributed by atoms with van der Waals surface area (Å²) in [4.78, 5) is 11.7. The molecule has 0 radical (unpaired) electrons. The molecule has 18 heavy (non-hydrogen) atoms. The van der Waals surface area contributed by atoms with Crippen LogP contribution >= 0.6 is 0 Å². The number of allylic oxidation sites excluding steroid dienone is 3. The van der Waals surface area contributed by atoms with Crippen LogP contribution < -0.4 is 0 Å². The van der Waals surface area contributed by atoms with Crippen molar-refractivity contribution >= 4 is 5.78 Å². The fraction of sp³-hybridized carbons (Fsp3) is 0.643. The van der Waals surface area contributed by atoms with Crippen LogP contribution in [-0.2, 0) is 9.53 Å². The van der Waals surface area contributed by atoms with Gasteiger partial charge in [0.25, 0.3) is 0 Å². The SMILES string of the molecule is C.C.CC(C)(O)C(=O)C1=CC=C(OCCO)CC1. The van der Waals surface area contributed by atoms with Gasteiger partial charge < -0.3 is 14.9 Å². The van der Waals surface area contributed by atoms with E-state index in [2.05, 4.69) is 0 Å². The van der Waals surface area contributed by atoms with Crippen LogP contribution in [0.5, 0.6) is 0 Å². The van der Waals surface area contributed by atoms with Gasteiger partial charge in [-0.3, -0.25) is 4.79 Å². The van der Waals surface area contributed by atoms with Crippen LogP contribution in [0.3, 0.4) is 0 Å². The lowest BCUT2D eigenvalue weighted by atomic mass is 9.91. The summed E-state index contributed by atoms with van der Waals surface area (Å²) in [7, 11) is 0. The van der Waals surface area contributed by atoms with Crippen molar-refractivity contribution in [2.75, 3.05) is 13.2 Å². The molecule has 0 unspecified atom stereocenters. The Bertz CT molecular complexity index is 321. The molecule has 0 atom stereocenters. The summed E-state index contributed by atoms with van der Waals surface area (Å²) in [6.07, 6.45) is 4.60. The van der Waals surface area contributed by atoms with Gasteiger partial charge in [0, 0.05) is 6.42 Å². The summed E-state index contributed by atoms with van der Waals surface area (Å²) in [5.74, 6) is 0.520. The average Bonchev–Trinajstić information content (AvgIpc) is 2.25. The third-order valence-electron chi connectivity index (χ3n) is 2.34. The first-order chi connectivity index (χ1) is 7.45. The van der Waals surface area contributed by atoms with E-state index in [-0.39, 0.29) is 33.9 Å². The lowest BCUT2D eigenvalue weighted by molar-refractivity contribution is -0.130.